The summed E-state index contributed by atoms with van der Waals surface area (Å²) in [5.41, 5.74) is 0.448. The van der Waals surface area contributed by atoms with E-state index >= 15 is 0 Å². The van der Waals surface area contributed by atoms with E-state index in [0.29, 0.717) is 5.56 Å². The predicted molar refractivity (Wildman–Crippen MR) is 63.7 cm³/mol. The van der Waals surface area contributed by atoms with Crippen molar-refractivity contribution in [1.82, 2.24) is 0 Å². The van der Waals surface area contributed by atoms with Crippen LogP contribution in [0.5, 0.6) is 0 Å². The highest BCUT2D eigenvalue weighted by Gasteiger charge is 2.22. The van der Waals surface area contributed by atoms with Crippen LogP contribution in [0.2, 0.25) is 10.0 Å². The Morgan fingerprint density at radius 1 is 1.12 bits per heavy atom. The molecule has 0 radical (unpaired) electrons. The van der Waals surface area contributed by atoms with E-state index < -0.39 is 17.9 Å². The van der Waals surface area contributed by atoms with E-state index in [-0.39, 0.29) is 22.9 Å². The number of benzene rings is 1. The van der Waals surface area contributed by atoms with Gasteiger partial charge in [0.15, 0.2) is 0 Å². The molecule has 0 aliphatic rings. The molecule has 0 amide bonds. The van der Waals surface area contributed by atoms with Gasteiger partial charge in [-0.1, -0.05) is 35.3 Å². The van der Waals surface area contributed by atoms with Gasteiger partial charge in [0.05, 0.1) is 22.9 Å². The van der Waals surface area contributed by atoms with Crippen molar-refractivity contribution in [2.45, 2.75) is 18.8 Å². The second kappa shape index (κ2) is 5.89. The van der Waals surface area contributed by atoms with E-state index in [0.717, 1.165) is 0 Å². The molecular weight excluding hydrogens is 267 g/mol. The van der Waals surface area contributed by atoms with E-state index in [9.17, 15) is 9.59 Å². The number of carboxylic acids is 2. The summed E-state index contributed by atoms with van der Waals surface area (Å²) in [6, 6.07) is 4.76. The second-order valence-corrected chi connectivity index (χ2v) is 4.32. The summed E-state index contributed by atoms with van der Waals surface area (Å²) in [5.74, 6) is -2.84. The van der Waals surface area contributed by atoms with Crippen molar-refractivity contribution in [1.29, 1.82) is 0 Å². The normalized spacial score (nSPS) is 10.5. The highest BCUT2D eigenvalue weighted by Crippen LogP contribution is 2.34. The third-order valence-corrected chi connectivity index (χ3v) is 3.10. The molecule has 4 nitrogen and oxygen atoms in total. The highest BCUT2D eigenvalue weighted by atomic mass is 35.5. The van der Waals surface area contributed by atoms with Crippen LogP contribution < -0.4 is 0 Å². The Balaban J connectivity index is 3.07. The molecule has 0 bridgehead atoms. The molecule has 0 saturated heterocycles. The lowest BCUT2D eigenvalue weighted by atomic mass is 9.92. The number of hydrogen-bond acceptors (Lipinski definition) is 2. The molecule has 0 aromatic heterocycles. The maximum atomic E-state index is 10.7. The monoisotopic (exact) mass is 276 g/mol. The zero-order valence-electron chi connectivity index (χ0n) is 8.69. The molecule has 0 fully saturated rings. The fraction of sp³-hybridized carbons (Fsp3) is 0.273. The number of aliphatic carboxylic acids is 2. The number of rotatable bonds is 5. The van der Waals surface area contributed by atoms with Crippen LogP contribution in [-0.2, 0) is 9.59 Å². The Morgan fingerprint density at radius 3 is 2.12 bits per heavy atom. The summed E-state index contributed by atoms with van der Waals surface area (Å²) < 4.78 is 0. The quantitative estimate of drug-likeness (QED) is 0.867. The van der Waals surface area contributed by atoms with Gasteiger partial charge in [-0.25, -0.2) is 0 Å². The van der Waals surface area contributed by atoms with Crippen molar-refractivity contribution < 1.29 is 19.8 Å². The van der Waals surface area contributed by atoms with Gasteiger partial charge in [-0.2, -0.15) is 0 Å². The van der Waals surface area contributed by atoms with E-state index in [1.54, 1.807) is 18.2 Å². The zero-order valence-corrected chi connectivity index (χ0v) is 10.2. The molecule has 0 saturated carbocycles. The lowest BCUT2D eigenvalue weighted by molar-refractivity contribution is -0.139. The zero-order chi connectivity index (χ0) is 13.0. The van der Waals surface area contributed by atoms with Crippen molar-refractivity contribution in [3.05, 3.63) is 33.8 Å². The van der Waals surface area contributed by atoms with Gasteiger partial charge in [0.2, 0.25) is 0 Å². The first kappa shape index (κ1) is 13.8. The van der Waals surface area contributed by atoms with Gasteiger partial charge in [0.25, 0.3) is 0 Å². The minimum Gasteiger partial charge on any atom is -0.481 e. The van der Waals surface area contributed by atoms with Crippen LogP contribution in [0, 0.1) is 0 Å². The van der Waals surface area contributed by atoms with Gasteiger partial charge in [0, 0.05) is 5.92 Å². The molecule has 0 unspecified atom stereocenters. The summed E-state index contributed by atoms with van der Waals surface area (Å²) in [4.78, 5) is 21.4. The van der Waals surface area contributed by atoms with Crippen molar-refractivity contribution >= 4 is 35.1 Å². The molecular formula is C11H10Cl2O4. The average Bonchev–Trinajstić information content (AvgIpc) is 2.19. The number of hydrogen-bond donors (Lipinski definition) is 2. The molecule has 0 aliphatic heterocycles. The maximum Gasteiger partial charge on any atom is 0.303 e. The molecule has 0 spiro atoms. The van der Waals surface area contributed by atoms with Crippen molar-refractivity contribution in [3.63, 3.8) is 0 Å². The Bertz CT molecular complexity index is 429. The van der Waals surface area contributed by atoms with Crippen molar-refractivity contribution in [2.24, 2.45) is 0 Å². The second-order valence-electron chi connectivity index (χ2n) is 3.54. The molecule has 1 aromatic rings. The molecule has 17 heavy (non-hydrogen) atoms. The van der Waals surface area contributed by atoms with Crippen LogP contribution in [0.4, 0.5) is 0 Å². The lowest BCUT2D eigenvalue weighted by Gasteiger charge is -2.15. The number of halogens is 2. The summed E-state index contributed by atoms with van der Waals surface area (Å²) in [6.45, 7) is 0. The minimum absolute atomic E-state index is 0.210. The lowest BCUT2D eigenvalue weighted by Crippen LogP contribution is -2.11. The standard InChI is InChI=1S/C11H10Cl2O4/c12-8-3-1-2-7(11(8)13)6(4-9(14)15)5-10(16)17/h1-3,6H,4-5H2,(H,14,15)(H,16,17). The molecule has 2 N–H and O–H groups in total. The molecule has 1 aromatic carbocycles. The maximum absolute atomic E-state index is 10.7. The fourth-order valence-corrected chi connectivity index (χ4v) is 2.01. The highest BCUT2D eigenvalue weighted by molar-refractivity contribution is 6.42. The van der Waals surface area contributed by atoms with E-state index in [1.807, 2.05) is 0 Å². The van der Waals surface area contributed by atoms with Gasteiger partial charge in [0.1, 0.15) is 0 Å². The fourth-order valence-electron chi connectivity index (χ4n) is 1.55. The molecule has 0 heterocycles. The Hall–Kier alpha value is -1.26. The average molecular weight is 277 g/mol. The van der Waals surface area contributed by atoms with Gasteiger partial charge in [-0.05, 0) is 11.6 Å². The van der Waals surface area contributed by atoms with E-state index in [1.165, 1.54) is 0 Å². The van der Waals surface area contributed by atoms with Gasteiger partial charge < -0.3 is 10.2 Å². The van der Waals surface area contributed by atoms with Gasteiger partial charge >= 0.3 is 11.9 Å². The summed E-state index contributed by atoms with van der Waals surface area (Å²) in [7, 11) is 0. The van der Waals surface area contributed by atoms with Crippen LogP contribution in [0.3, 0.4) is 0 Å². The Morgan fingerprint density at radius 2 is 1.65 bits per heavy atom. The van der Waals surface area contributed by atoms with Crippen molar-refractivity contribution in [3.8, 4) is 0 Å². The third-order valence-electron chi connectivity index (χ3n) is 2.26. The van der Waals surface area contributed by atoms with E-state index in [4.69, 9.17) is 33.4 Å². The van der Waals surface area contributed by atoms with Gasteiger partial charge in [-0.3, -0.25) is 9.59 Å². The minimum atomic E-state index is -1.08. The first-order chi connectivity index (χ1) is 7.91. The van der Waals surface area contributed by atoms with Crippen LogP contribution in [0.1, 0.15) is 24.3 Å². The SMILES string of the molecule is O=C(O)CC(CC(=O)O)c1cccc(Cl)c1Cl. The predicted octanol–water partition coefficient (Wildman–Crippen LogP) is 3.03. The largest absolute Gasteiger partial charge is 0.481 e. The van der Waals surface area contributed by atoms with Gasteiger partial charge in [-0.15, -0.1) is 0 Å². The molecule has 92 valence electrons. The smallest absolute Gasteiger partial charge is 0.303 e. The first-order valence-electron chi connectivity index (χ1n) is 4.79. The topological polar surface area (TPSA) is 74.6 Å². The molecule has 0 atom stereocenters. The van der Waals surface area contributed by atoms with Crippen LogP contribution in [-0.4, -0.2) is 22.2 Å². The Labute approximate surface area is 108 Å². The molecule has 0 aliphatic carbocycles. The third kappa shape index (κ3) is 3.91. The molecule has 6 heteroatoms. The summed E-state index contributed by atoms with van der Waals surface area (Å²) in [5, 5.41) is 18.0. The van der Waals surface area contributed by atoms with Crippen LogP contribution in [0.15, 0.2) is 18.2 Å². The molecule has 1 rings (SSSR count). The summed E-state index contributed by atoms with van der Waals surface area (Å²) >= 11 is 11.7. The van der Waals surface area contributed by atoms with E-state index in [2.05, 4.69) is 0 Å². The van der Waals surface area contributed by atoms with Crippen LogP contribution >= 0.6 is 23.2 Å². The summed E-state index contributed by atoms with van der Waals surface area (Å²) in [6.07, 6.45) is -0.598. The van der Waals surface area contributed by atoms with Crippen molar-refractivity contribution in [2.75, 3.05) is 0 Å². The Kier molecular flexibility index (Phi) is 4.78. The number of carboxylic acid groups (broad SMARTS) is 2. The first-order valence-corrected chi connectivity index (χ1v) is 5.55. The van der Waals surface area contributed by atoms with Crippen LogP contribution in [0.25, 0.3) is 0 Å². The number of carbonyl (C=O) groups is 2.